The first-order valence-electron chi connectivity index (χ1n) is 4.74. The van der Waals surface area contributed by atoms with Crippen molar-refractivity contribution in [3.63, 3.8) is 0 Å². The minimum absolute atomic E-state index is 0.534. The Balaban J connectivity index is 2.02. The van der Waals surface area contributed by atoms with Crippen LogP contribution in [-0.4, -0.2) is 14.3 Å². The highest BCUT2D eigenvalue weighted by Gasteiger charge is 2.05. The highest BCUT2D eigenvalue weighted by Crippen LogP contribution is 2.11. The van der Waals surface area contributed by atoms with Gasteiger partial charge in [0.25, 0.3) is 0 Å². The molecule has 0 fully saturated rings. The summed E-state index contributed by atoms with van der Waals surface area (Å²) >= 11 is 0. The summed E-state index contributed by atoms with van der Waals surface area (Å²) < 4.78 is 5.76. The number of rotatable bonds is 3. The van der Waals surface area contributed by atoms with E-state index in [1.54, 1.807) is 10.9 Å². The van der Waals surface area contributed by atoms with Gasteiger partial charge in [0.15, 0.2) is 0 Å². The van der Waals surface area contributed by atoms with E-state index in [1.165, 1.54) is 0 Å². The highest BCUT2D eigenvalue weighted by atomic mass is 15.3. The third-order valence-electron chi connectivity index (χ3n) is 2.30. The standard InChI is InChI=1S/C9H15N6/c1-13-2-3-14(7-13)4-5-15-9(11)8(10)6-12-15/h2-3,6-7H,4-5,10-11H2,1H3/q+1. The van der Waals surface area contributed by atoms with Gasteiger partial charge in [0.05, 0.1) is 25.5 Å². The molecule has 0 atom stereocenters. The van der Waals surface area contributed by atoms with Crippen LogP contribution in [-0.2, 0) is 20.1 Å². The van der Waals surface area contributed by atoms with Crippen molar-refractivity contribution in [3.05, 3.63) is 24.9 Å². The SMILES string of the molecule is C[n+]1ccn(CCn2ncc(N)c2N)c1. The van der Waals surface area contributed by atoms with E-state index in [1.807, 2.05) is 30.3 Å². The van der Waals surface area contributed by atoms with Gasteiger partial charge < -0.3 is 11.5 Å². The van der Waals surface area contributed by atoms with Crippen LogP contribution in [0.25, 0.3) is 0 Å². The molecule has 2 aromatic heterocycles. The number of hydrogen-bond donors (Lipinski definition) is 2. The van der Waals surface area contributed by atoms with E-state index < -0.39 is 0 Å². The number of hydrogen-bond acceptors (Lipinski definition) is 3. The van der Waals surface area contributed by atoms with Crippen molar-refractivity contribution in [1.82, 2.24) is 14.3 Å². The molecule has 6 nitrogen and oxygen atoms in total. The van der Waals surface area contributed by atoms with Crippen molar-refractivity contribution in [3.8, 4) is 0 Å². The quantitative estimate of drug-likeness (QED) is 0.658. The Morgan fingerprint density at radius 3 is 2.73 bits per heavy atom. The molecular weight excluding hydrogens is 192 g/mol. The number of imidazole rings is 1. The van der Waals surface area contributed by atoms with E-state index >= 15 is 0 Å². The molecule has 2 rings (SSSR count). The van der Waals surface area contributed by atoms with Gasteiger partial charge in [-0.2, -0.15) is 5.10 Å². The molecule has 80 valence electrons. The lowest BCUT2D eigenvalue weighted by Gasteiger charge is -2.01. The van der Waals surface area contributed by atoms with Gasteiger partial charge in [-0.25, -0.2) is 13.8 Å². The van der Waals surface area contributed by atoms with Crippen molar-refractivity contribution in [2.24, 2.45) is 7.05 Å². The Bertz CT molecular complexity index is 455. The lowest BCUT2D eigenvalue weighted by Crippen LogP contribution is -2.24. The number of anilines is 2. The molecule has 0 unspecified atom stereocenters. The number of nitrogen functional groups attached to an aromatic ring is 2. The van der Waals surface area contributed by atoms with Crippen LogP contribution in [0.1, 0.15) is 0 Å². The molecule has 0 aliphatic rings. The molecule has 0 spiro atoms. The topological polar surface area (TPSA) is 78.7 Å². The monoisotopic (exact) mass is 207 g/mol. The first-order chi connectivity index (χ1) is 7.16. The van der Waals surface area contributed by atoms with Crippen molar-refractivity contribution >= 4 is 11.5 Å². The maximum absolute atomic E-state index is 5.73. The minimum atomic E-state index is 0.534. The fourth-order valence-electron chi connectivity index (χ4n) is 1.43. The minimum Gasteiger partial charge on any atom is -0.394 e. The second kappa shape index (κ2) is 3.64. The molecule has 0 radical (unpaired) electrons. The van der Waals surface area contributed by atoms with Gasteiger partial charge in [-0.1, -0.05) is 0 Å². The van der Waals surface area contributed by atoms with E-state index in [0.29, 0.717) is 11.5 Å². The predicted molar refractivity (Wildman–Crippen MR) is 56.7 cm³/mol. The van der Waals surface area contributed by atoms with E-state index in [4.69, 9.17) is 11.5 Å². The average Bonchev–Trinajstić information content (AvgIpc) is 2.74. The van der Waals surface area contributed by atoms with Crippen LogP contribution in [0.4, 0.5) is 11.5 Å². The fraction of sp³-hybridized carbons (Fsp3) is 0.333. The van der Waals surface area contributed by atoms with Crippen LogP contribution in [0, 0.1) is 0 Å². The Kier molecular flexibility index (Phi) is 2.32. The normalized spacial score (nSPS) is 10.7. The van der Waals surface area contributed by atoms with Crippen LogP contribution >= 0.6 is 0 Å². The highest BCUT2D eigenvalue weighted by molar-refractivity contribution is 5.56. The zero-order chi connectivity index (χ0) is 10.8. The average molecular weight is 207 g/mol. The van der Waals surface area contributed by atoms with Crippen LogP contribution < -0.4 is 16.0 Å². The Morgan fingerprint density at radius 2 is 2.20 bits per heavy atom. The van der Waals surface area contributed by atoms with Gasteiger partial charge in [0.1, 0.15) is 24.8 Å². The summed E-state index contributed by atoms with van der Waals surface area (Å²) in [5.74, 6) is 0.534. The number of nitrogens with two attached hydrogens (primary N) is 2. The Morgan fingerprint density at radius 1 is 1.40 bits per heavy atom. The fourth-order valence-corrected chi connectivity index (χ4v) is 1.43. The van der Waals surface area contributed by atoms with Crippen molar-refractivity contribution in [1.29, 1.82) is 0 Å². The molecule has 6 heteroatoms. The second-order valence-corrected chi connectivity index (χ2v) is 3.53. The molecule has 0 aliphatic heterocycles. The molecular formula is C9H15N6+. The van der Waals surface area contributed by atoms with Crippen LogP contribution in [0.5, 0.6) is 0 Å². The van der Waals surface area contributed by atoms with Gasteiger partial charge in [-0.15, -0.1) is 0 Å². The van der Waals surface area contributed by atoms with Gasteiger partial charge in [-0.05, 0) is 0 Å². The third-order valence-corrected chi connectivity index (χ3v) is 2.30. The first kappa shape index (κ1) is 9.57. The third kappa shape index (κ3) is 1.93. The van der Waals surface area contributed by atoms with E-state index in [-0.39, 0.29) is 0 Å². The van der Waals surface area contributed by atoms with Crippen LogP contribution in [0.2, 0.25) is 0 Å². The first-order valence-corrected chi connectivity index (χ1v) is 4.74. The van der Waals surface area contributed by atoms with E-state index in [0.717, 1.165) is 13.1 Å². The molecule has 2 aromatic rings. The van der Waals surface area contributed by atoms with Crippen LogP contribution in [0.15, 0.2) is 24.9 Å². The molecule has 4 N–H and O–H groups in total. The molecule has 2 heterocycles. The molecule has 0 amide bonds. The van der Waals surface area contributed by atoms with E-state index in [2.05, 4.69) is 9.67 Å². The van der Waals surface area contributed by atoms with Crippen molar-refractivity contribution in [2.75, 3.05) is 11.5 Å². The zero-order valence-electron chi connectivity index (χ0n) is 8.67. The second-order valence-electron chi connectivity index (χ2n) is 3.53. The van der Waals surface area contributed by atoms with Gasteiger partial charge in [-0.3, -0.25) is 0 Å². The lowest BCUT2D eigenvalue weighted by atomic mass is 10.5. The molecule has 0 bridgehead atoms. The summed E-state index contributed by atoms with van der Waals surface area (Å²) in [5, 5.41) is 4.08. The van der Waals surface area contributed by atoms with Gasteiger partial charge in [0, 0.05) is 0 Å². The molecule has 0 aliphatic carbocycles. The van der Waals surface area contributed by atoms with Crippen molar-refractivity contribution < 1.29 is 4.57 Å². The maximum atomic E-state index is 5.73. The molecule has 0 aromatic carbocycles. The predicted octanol–water partition coefficient (Wildman–Crippen LogP) is -0.626. The molecule has 15 heavy (non-hydrogen) atoms. The van der Waals surface area contributed by atoms with Gasteiger partial charge >= 0.3 is 0 Å². The van der Waals surface area contributed by atoms with Crippen molar-refractivity contribution in [2.45, 2.75) is 13.1 Å². The van der Waals surface area contributed by atoms with Gasteiger partial charge in [0.2, 0.25) is 6.33 Å². The smallest absolute Gasteiger partial charge is 0.243 e. The Hall–Kier alpha value is -1.98. The summed E-state index contributed by atoms with van der Waals surface area (Å²) in [7, 11) is 1.98. The Labute approximate surface area is 87.7 Å². The summed E-state index contributed by atoms with van der Waals surface area (Å²) in [4.78, 5) is 0. The summed E-state index contributed by atoms with van der Waals surface area (Å²) in [5.41, 5.74) is 11.9. The lowest BCUT2D eigenvalue weighted by molar-refractivity contribution is -0.671. The summed E-state index contributed by atoms with van der Waals surface area (Å²) in [6, 6.07) is 0. The van der Waals surface area contributed by atoms with E-state index in [9.17, 15) is 0 Å². The number of aryl methyl sites for hydroxylation is 3. The summed E-state index contributed by atoms with van der Waals surface area (Å²) in [6.07, 6.45) is 7.57. The maximum Gasteiger partial charge on any atom is 0.243 e. The largest absolute Gasteiger partial charge is 0.394 e. The number of nitrogens with zero attached hydrogens (tertiary/aromatic N) is 4. The molecule has 0 saturated heterocycles. The number of aromatic nitrogens is 4. The van der Waals surface area contributed by atoms with Crippen LogP contribution in [0.3, 0.4) is 0 Å². The summed E-state index contributed by atoms with van der Waals surface area (Å²) in [6.45, 7) is 1.55. The molecule has 0 saturated carbocycles. The zero-order valence-corrected chi connectivity index (χ0v) is 8.67.